The maximum atomic E-state index is 12.4. The molecule has 0 aliphatic carbocycles. The number of hydrogen-bond acceptors (Lipinski definition) is 3. The standard InChI is InChI=1S/C13H17BrN2O2/c1-9-2-3-10(8-17)7-16(9)13(18)11-4-12(14)6-15-5-11/h4-6,9-10,17H,2-3,7-8H2,1H3. The number of pyridine rings is 1. The number of halogens is 1. The van der Waals surface area contributed by atoms with E-state index in [2.05, 4.69) is 27.8 Å². The number of nitrogens with zero attached hydrogens (tertiary/aromatic N) is 2. The molecule has 1 aromatic rings. The summed E-state index contributed by atoms with van der Waals surface area (Å²) in [5, 5.41) is 9.23. The van der Waals surface area contributed by atoms with Crippen LogP contribution in [0.15, 0.2) is 22.9 Å². The molecule has 4 nitrogen and oxygen atoms in total. The molecule has 1 aromatic heterocycles. The Morgan fingerprint density at radius 1 is 1.56 bits per heavy atom. The van der Waals surface area contributed by atoms with Crippen molar-refractivity contribution in [3.8, 4) is 0 Å². The summed E-state index contributed by atoms with van der Waals surface area (Å²) < 4.78 is 0.803. The molecule has 18 heavy (non-hydrogen) atoms. The van der Waals surface area contributed by atoms with Gasteiger partial charge in [0.25, 0.3) is 5.91 Å². The number of carbonyl (C=O) groups excluding carboxylic acids is 1. The van der Waals surface area contributed by atoms with Gasteiger partial charge in [-0.25, -0.2) is 0 Å². The number of rotatable bonds is 2. The second-order valence-electron chi connectivity index (χ2n) is 4.82. The first kappa shape index (κ1) is 13.5. The molecule has 1 aliphatic heterocycles. The van der Waals surface area contributed by atoms with Gasteiger partial charge in [0.2, 0.25) is 0 Å². The van der Waals surface area contributed by atoms with Crippen LogP contribution in [0.25, 0.3) is 0 Å². The van der Waals surface area contributed by atoms with E-state index in [1.165, 1.54) is 0 Å². The molecular formula is C13H17BrN2O2. The minimum absolute atomic E-state index is 0.00514. The predicted molar refractivity (Wildman–Crippen MR) is 72.2 cm³/mol. The van der Waals surface area contributed by atoms with Crippen LogP contribution in [0, 0.1) is 5.92 Å². The lowest BCUT2D eigenvalue weighted by Crippen LogP contribution is -2.46. The van der Waals surface area contributed by atoms with E-state index in [0.717, 1.165) is 17.3 Å². The minimum atomic E-state index is -0.00514. The van der Waals surface area contributed by atoms with Crippen LogP contribution in [0.4, 0.5) is 0 Å². The highest BCUT2D eigenvalue weighted by atomic mass is 79.9. The highest BCUT2D eigenvalue weighted by Crippen LogP contribution is 2.23. The molecule has 2 rings (SSSR count). The molecule has 1 amide bonds. The van der Waals surface area contributed by atoms with Crippen LogP contribution in [0.3, 0.4) is 0 Å². The minimum Gasteiger partial charge on any atom is -0.396 e. The fraction of sp³-hybridized carbons (Fsp3) is 0.538. The third-order valence-corrected chi connectivity index (χ3v) is 3.88. The Hall–Kier alpha value is -0.940. The fourth-order valence-electron chi connectivity index (χ4n) is 2.31. The Bertz CT molecular complexity index is 439. The highest BCUT2D eigenvalue weighted by molar-refractivity contribution is 9.10. The summed E-state index contributed by atoms with van der Waals surface area (Å²) in [6.45, 7) is 2.83. The Labute approximate surface area is 115 Å². The molecule has 2 atom stereocenters. The molecule has 0 saturated carbocycles. The fourth-order valence-corrected chi connectivity index (χ4v) is 2.67. The number of piperidine rings is 1. The van der Waals surface area contributed by atoms with Crippen molar-refractivity contribution in [2.45, 2.75) is 25.8 Å². The number of amides is 1. The van der Waals surface area contributed by atoms with Gasteiger partial charge in [-0.05, 0) is 47.7 Å². The zero-order valence-electron chi connectivity index (χ0n) is 10.3. The van der Waals surface area contributed by atoms with Crippen LogP contribution in [0.5, 0.6) is 0 Å². The molecule has 2 unspecified atom stereocenters. The van der Waals surface area contributed by atoms with Crippen molar-refractivity contribution < 1.29 is 9.90 Å². The Balaban J connectivity index is 2.16. The first-order valence-electron chi connectivity index (χ1n) is 6.14. The van der Waals surface area contributed by atoms with Gasteiger partial charge in [0.05, 0.1) is 5.56 Å². The first-order valence-corrected chi connectivity index (χ1v) is 6.93. The van der Waals surface area contributed by atoms with Crippen molar-refractivity contribution in [2.75, 3.05) is 13.2 Å². The van der Waals surface area contributed by atoms with Gasteiger partial charge in [0.15, 0.2) is 0 Å². The second-order valence-corrected chi connectivity index (χ2v) is 5.74. The van der Waals surface area contributed by atoms with Gasteiger partial charge in [-0.1, -0.05) is 0 Å². The van der Waals surface area contributed by atoms with Crippen LogP contribution in [0.1, 0.15) is 30.1 Å². The largest absolute Gasteiger partial charge is 0.396 e. The Morgan fingerprint density at radius 3 is 3.00 bits per heavy atom. The molecule has 2 heterocycles. The van der Waals surface area contributed by atoms with Crippen LogP contribution in [-0.2, 0) is 0 Å². The SMILES string of the molecule is CC1CCC(CO)CN1C(=O)c1cncc(Br)c1. The van der Waals surface area contributed by atoms with Crippen LogP contribution >= 0.6 is 15.9 Å². The van der Waals surface area contributed by atoms with E-state index in [-0.39, 0.29) is 24.5 Å². The molecule has 0 bridgehead atoms. The molecule has 5 heteroatoms. The number of carbonyl (C=O) groups is 1. The zero-order valence-corrected chi connectivity index (χ0v) is 11.9. The molecule has 0 aromatic carbocycles. The lowest BCUT2D eigenvalue weighted by Gasteiger charge is -2.37. The van der Waals surface area contributed by atoms with Gasteiger partial charge in [0.1, 0.15) is 0 Å². The highest BCUT2D eigenvalue weighted by Gasteiger charge is 2.29. The average molecular weight is 313 g/mol. The Morgan fingerprint density at radius 2 is 2.33 bits per heavy atom. The van der Waals surface area contributed by atoms with Gasteiger partial charge in [0, 0.05) is 36.1 Å². The van der Waals surface area contributed by atoms with Crippen molar-refractivity contribution in [3.05, 3.63) is 28.5 Å². The summed E-state index contributed by atoms with van der Waals surface area (Å²) in [5.74, 6) is 0.194. The lowest BCUT2D eigenvalue weighted by atomic mass is 9.93. The third kappa shape index (κ3) is 2.90. The summed E-state index contributed by atoms with van der Waals surface area (Å²) in [6.07, 6.45) is 5.17. The van der Waals surface area contributed by atoms with Crippen molar-refractivity contribution in [3.63, 3.8) is 0 Å². The van der Waals surface area contributed by atoms with Gasteiger partial charge >= 0.3 is 0 Å². The Kier molecular flexibility index (Phi) is 4.35. The van der Waals surface area contributed by atoms with E-state index >= 15 is 0 Å². The summed E-state index contributed by atoms with van der Waals surface area (Å²) in [6, 6.07) is 2.00. The lowest BCUT2D eigenvalue weighted by molar-refractivity contribution is 0.0488. The molecular weight excluding hydrogens is 296 g/mol. The molecule has 98 valence electrons. The van der Waals surface area contributed by atoms with Crippen LogP contribution in [-0.4, -0.2) is 40.1 Å². The molecule has 0 spiro atoms. The second kappa shape index (κ2) is 5.80. The quantitative estimate of drug-likeness (QED) is 0.909. The van der Waals surface area contributed by atoms with Crippen LogP contribution in [0.2, 0.25) is 0 Å². The van der Waals surface area contributed by atoms with Gasteiger partial charge in [-0.2, -0.15) is 0 Å². The molecule has 0 radical (unpaired) electrons. The van der Waals surface area contributed by atoms with Crippen molar-refractivity contribution in [1.29, 1.82) is 0 Å². The van der Waals surface area contributed by atoms with Gasteiger partial charge in [-0.15, -0.1) is 0 Å². The first-order chi connectivity index (χ1) is 8.61. The molecule has 1 N–H and O–H groups in total. The van der Waals surface area contributed by atoms with E-state index in [0.29, 0.717) is 12.1 Å². The third-order valence-electron chi connectivity index (χ3n) is 3.45. The van der Waals surface area contributed by atoms with E-state index in [1.807, 2.05) is 4.90 Å². The van der Waals surface area contributed by atoms with Gasteiger partial charge < -0.3 is 10.0 Å². The zero-order chi connectivity index (χ0) is 13.1. The predicted octanol–water partition coefficient (Wildman–Crippen LogP) is 2.08. The normalized spacial score (nSPS) is 24.1. The topological polar surface area (TPSA) is 53.4 Å². The molecule has 1 aliphatic rings. The number of likely N-dealkylation sites (tertiary alicyclic amines) is 1. The van der Waals surface area contributed by atoms with Crippen molar-refractivity contribution in [2.24, 2.45) is 5.92 Å². The van der Waals surface area contributed by atoms with E-state index in [9.17, 15) is 9.90 Å². The number of aliphatic hydroxyl groups excluding tert-OH is 1. The maximum absolute atomic E-state index is 12.4. The number of aliphatic hydroxyl groups is 1. The number of hydrogen-bond donors (Lipinski definition) is 1. The van der Waals surface area contributed by atoms with Crippen molar-refractivity contribution >= 4 is 21.8 Å². The van der Waals surface area contributed by atoms with E-state index < -0.39 is 0 Å². The summed E-state index contributed by atoms with van der Waals surface area (Å²) >= 11 is 3.32. The summed E-state index contributed by atoms with van der Waals surface area (Å²) in [5.41, 5.74) is 0.592. The van der Waals surface area contributed by atoms with Crippen LogP contribution < -0.4 is 0 Å². The van der Waals surface area contributed by atoms with E-state index in [4.69, 9.17) is 0 Å². The van der Waals surface area contributed by atoms with E-state index in [1.54, 1.807) is 18.5 Å². The molecule has 1 saturated heterocycles. The molecule has 1 fully saturated rings. The summed E-state index contributed by atoms with van der Waals surface area (Å²) in [7, 11) is 0. The maximum Gasteiger partial charge on any atom is 0.255 e. The average Bonchev–Trinajstić information content (AvgIpc) is 2.38. The van der Waals surface area contributed by atoms with Crippen molar-refractivity contribution in [1.82, 2.24) is 9.88 Å². The smallest absolute Gasteiger partial charge is 0.255 e. The monoisotopic (exact) mass is 312 g/mol. The number of aromatic nitrogens is 1. The van der Waals surface area contributed by atoms with Gasteiger partial charge in [-0.3, -0.25) is 9.78 Å². The summed E-state index contributed by atoms with van der Waals surface area (Å²) in [4.78, 5) is 18.3.